The van der Waals surface area contributed by atoms with E-state index in [4.69, 9.17) is 16.3 Å². The number of carbonyl (C=O) groups is 2. The van der Waals surface area contributed by atoms with Crippen molar-refractivity contribution >= 4 is 39.0 Å². The van der Waals surface area contributed by atoms with Crippen LogP contribution in [0.25, 0.3) is 0 Å². The van der Waals surface area contributed by atoms with E-state index in [9.17, 15) is 31.2 Å². The first-order valence-corrected chi connectivity index (χ1v) is 9.54. The molecule has 0 aromatic heterocycles. The number of carbonyl (C=O) groups excluding carboxylic acids is 2. The van der Waals surface area contributed by atoms with Crippen molar-refractivity contribution < 1.29 is 35.9 Å². The molecule has 11 heteroatoms. The average Bonchev–Trinajstić information content (AvgIpc) is 2.63. The fraction of sp³-hybridized carbons (Fsp3) is 0.176. The Bertz CT molecular complexity index is 996. The summed E-state index contributed by atoms with van der Waals surface area (Å²) < 4.78 is 65.6. The van der Waals surface area contributed by atoms with E-state index in [1.807, 2.05) is 0 Å². The lowest BCUT2D eigenvalue weighted by Gasteiger charge is -2.14. The molecule has 0 heterocycles. The molecule has 0 saturated carbocycles. The highest BCUT2D eigenvalue weighted by atomic mass is 35.5. The lowest BCUT2D eigenvalue weighted by Crippen LogP contribution is -2.30. The first-order valence-electron chi connectivity index (χ1n) is 7.61. The summed E-state index contributed by atoms with van der Waals surface area (Å²) in [5, 5.41) is 2.31. The largest absolute Gasteiger partial charge is 0.449 e. The number of ether oxygens (including phenoxy) is 1. The lowest BCUT2D eigenvalue weighted by molar-refractivity contribution is -0.123. The van der Waals surface area contributed by atoms with Gasteiger partial charge in [-0.25, -0.2) is 17.6 Å². The van der Waals surface area contributed by atoms with Crippen LogP contribution in [0.1, 0.15) is 17.3 Å². The Balaban J connectivity index is 2.04. The van der Waals surface area contributed by atoms with Crippen molar-refractivity contribution in [3.63, 3.8) is 0 Å². The number of benzene rings is 2. The normalized spacial score (nSPS) is 12.5. The third-order valence-corrected chi connectivity index (χ3v) is 5.21. The maximum atomic E-state index is 13.0. The molecule has 0 unspecified atom stereocenters. The van der Waals surface area contributed by atoms with E-state index >= 15 is 0 Å². The van der Waals surface area contributed by atoms with Crippen LogP contribution in [0.15, 0.2) is 47.4 Å². The second kappa shape index (κ2) is 8.61. The van der Waals surface area contributed by atoms with Crippen LogP contribution in [0.4, 0.5) is 18.9 Å². The summed E-state index contributed by atoms with van der Waals surface area (Å²) in [5.41, 5.74) is -0.0368. The predicted octanol–water partition coefficient (Wildman–Crippen LogP) is 3.66. The number of esters is 1. The van der Waals surface area contributed by atoms with Gasteiger partial charge in [-0.05, 0) is 49.4 Å². The van der Waals surface area contributed by atoms with Gasteiger partial charge in [0.1, 0.15) is 5.82 Å². The van der Waals surface area contributed by atoms with Crippen molar-refractivity contribution in [2.45, 2.75) is 23.7 Å². The number of hydrogen-bond acceptors (Lipinski definition) is 5. The monoisotopic (exact) mass is 435 g/mol. The Kier molecular flexibility index (Phi) is 6.68. The molecule has 0 radical (unpaired) electrons. The smallest absolute Gasteiger partial charge is 0.341 e. The van der Waals surface area contributed by atoms with Gasteiger partial charge in [0.05, 0.1) is 21.2 Å². The van der Waals surface area contributed by atoms with Gasteiger partial charge in [-0.1, -0.05) is 11.6 Å². The molecule has 0 aliphatic heterocycles. The van der Waals surface area contributed by atoms with E-state index in [2.05, 4.69) is 5.32 Å². The summed E-state index contributed by atoms with van der Waals surface area (Å²) in [6, 6.07) is 6.93. The molecule has 1 N–H and O–H groups in total. The number of anilines is 1. The molecule has 0 aliphatic rings. The molecule has 28 heavy (non-hydrogen) atoms. The quantitative estimate of drug-likeness (QED) is 0.699. The lowest BCUT2D eigenvalue weighted by atomic mass is 10.2. The van der Waals surface area contributed by atoms with Crippen LogP contribution in [0.2, 0.25) is 5.02 Å². The first kappa shape index (κ1) is 21.7. The number of sulfone groups is 1. The van der Waals surface area contributed by atoms with Gasteiger partial charge in [-0.2, -0.15) is 8.78 Å². The standard InChI is InChI=1S/C17H13ClF3NO5S/c1-9(15(23)22-14-7-4-11(19)8-13(14)18)27-16(24)10-2-5-12(6-3-10)28(25,26)17(20)21/h2-9,17H,1H3,(H,22,23)/t9-/m0/s1. The molecule has 0 fully saturated rings. The molecule has 0 saturated heterocycles. The minimum Gasteiger partial charge on any atom is -0.449 e. The topological polar surface area (TPSA) is 89.5 Å². The van der Waals surface area contributed by atoms with Gasteiger partial charge >= 0.3 is 11.7 Å². The molecule has 2 rings (SSSR count). The van der Waals surface area contributed by atoms with Crippen molar-refractivity contribution in [2.24, 2.45) is 0 Å². The minimum absolute atomic E-state index is 0.0531. The zero-order valence-electron chi connectivity index (χ0n) is 14.2. The van der Waals surface area contributed by atoms with Crippen molar-refractivity contribution in [3.05, 3.63) is 58.9 Å². The van der Waals surface area contributed by atoms with Gasteiger partial charge in [-0.15, -0.1) is 0 Å². The second-order valence-electron chi connectivity index (χ2n) is 5.49. The third kappa shape index (κ3) is 5.02. The molecule has 1 atom stereocenters. The Morgan fingerprint density at radius 3 is 2.25 bits per heavy atom. The molecule has 150 valence electrons. The van der Waals surface area contributed by atoms with E-state index in [0.29, 0.717) is 0 Å². The van der Waals surface area contributed by atoms with Gasteiger partial charge in [0.15, 0.2) is 6.10 Å². The summed E-state index contributed by atoms with van der Waals surface area (Å²) >= 11 is 5.79. The average molecular weight is 436 g/mol. The van der Waals surface area contributed by atoms with Crippen LogP contribution in [0.5, 0.6) is 0 Å². The van der Waals surface area contributed by atoms with Gasteiger partial charge in [0, 0.05) is 0 Å². The molecule has 0 bridgehead atoms. The molecular formula is C17H13ClF3NO5S. The molecule has 2 aromatic carbocycles. The Morgan fingerprint density at radius 1 is 1.11 bits per heavy atom. The van der Waals surface area contributed by atoms with E-state index in [0.717, 1.165) is 36.4 Å². The molecule has 0 spiro atoms. The Hall–Kier alpha value is -2.59. The number of amides is 1. The van der Waals surface area contributed by atoms with Crippen LogP contribution >= 0.6 is 11.6 Å². The maximum absolute atomic E-state index is 13.0. The molecule has 0 aliphatic carbocycles. The summed E-state index contributed by atoms with van der Waals surface area (Å²) in [7, 11) is -4.79. The van der Waals surface area contributed by atoms with Crippen molar-refractivity contribution in [3.8, 4) is 0 Å². The second-order valence-corrected chi connectivity index (χ2v) is 7.82. The summed E-state index contributed by atoms with van der Waals surface area (Å²) in [4.78, 5) is 23.5. The highest BCUT2D eigenvalue weighted by Crippen LogP contribution is 2.23. The van der Waals surface area contributed by atoms with Crippen LogP contribution in [0.3, 0.4) is 0 Å². The van der Waals surface area contributed by atoms with Crippen LogP contribution in [-0.4, -0.2) is 32.2 Å². The van der Waals surface area contributed by atoms with Gasteiger partial charge < -0.3 is 10.1 Å². The number of nitrogens with one attached hydrogen (secondary N) is 1. The first-order chi connectivity index (χ1) is 13.0. The molecule has 1 amide bonds. The van der Waals surface area contributed by atoms with E-state index in [1.165, 1.54) is 13.0 Å². The summed E-state index contributed by atoms with van der Waals surface area (Å²) in [5.74, 6) is -5.92. The van der Waals surface area contributed by atoms with Crippen molar-refractivity contribution in [1.29, 1.82) is 0 Å². The van der Waals surface area contributed by atoms with Crippen LogP contribution in [-0.2, 0) is 19.4 Å². The van der Waals surface area contributed by atoms with Gasteiger partial charge in [0.25, 0.3) is 5.91 Å². The maximum Gasteiger partial charge on any atom is 0.341 e. The molecule has 6 nitrogen and oxygen atoms in total. The SMILES string of the molecule is C[C@H](OC(=O)c1ccc(S(=O)(=O)C(F)F)cc1)C(=O)Nc1ccc(F)cc1Cl. The number of halogens is 4. The summed E-state index contributed by atoms with van der Waals surface area (Å²) in [6.45, 7) is 1.26. The minimum atomic E-state index is -4.79. The van der Waals surface area contributed by atoms with Gasteiger partial charge in [-0.3, -0.25) is 4.79 Å². The highest BCUT2D eigenvalue weighted by molar-refractivity contribution is 7.91. The zero-order valence-corrected chi connectivity index (χ0v) is 15.7. The molecule has 2 aromatic rings. The van der Waals surface area contributed by atoms with Crippen LogP contribution < -0.4 is 5.32 Å². The Labute approximate surface area is 163 Å². The molecular weight excluding hydrogens is 423 g/mol. The number of hydrogen-bond donors (Lipinski definition) is 1. The van der Waals surface area contributed by atoms with Crippen molar-refractivity contribution in [1.82, 2.24) is 0 Å². The van der Waals surface area contributed by atoms with Crippen molar-refractivity contribution in [2.75, 3.05) is 5.32 Å². The zero-order chi connectivity index (χ0) is 21.1. The summed E-state index contributed by atoms with van der Waals surface area (Å²) in [6.07, 6.45) is -1.28. The van der Waals surface area contributed by atoms with E-state index in [-0.39, 0.29) is 16.3 Å². The number of rotatable bonds is 6. The van der Waals surface area contributed by atoms with Crippen LogP contribution in [0, 0.1) is 5.82 Å². The fourth-order valence-electron chi connectivity index (χ4n) is 1.99. The van der Waals surface area contributed by atoms with Gasteiger partial charge in [0.2, 0.25) is 9.84 Å². The highest BCUT2D eigenvalue weighted by Gasteiger charge is 2.27. The Morgan fingerprint density at radius 2 is 1.71 bits per heavy atom. The van der Waals surface area contributed by atoms with E-state index in [1.54, 1.807) is 0 Å². The predicted molar refractivity (Wildman–Crippen MR) is 94.5 cm³/mol. The fourth-order valence-corrected chi connectivity index (χ4v) is 2.93. The number of alkyl halides is 2. The van der Waals surface area contributed by atoms with E-state index < -0.39 is 44.3 Å². The third-order valence-electron chi connectivity index (χ3n) is 3.50.